The third kappa shape index (κ3) is 14.7. The summed E-state index contributed by atoms with van der Waals surface area (Å²) in [4.78, 5) is 24.2. The highest BCUT2D eigenvalue weighted by Crippen LogP contribution is 2.10. The number of allylic oxidation sites excluding steroid dienone is 1. The lowest BCUT2D eigenvalue weighted by Crippen LogP contribution is -2.33. The molecule has 5 nitrogen and oxygen atoms in total. The maximum absolute atomic E-state index is 12.1. The van der Waals surface area contributed by atoms with Gasteiger partial charge in [-0.15, -0.1) is 0 Å². The van der Waals surface area contributed by atoms with Crippen molar-refractivity contribution < 1.29 is 19.8 Å². The number of hydrogen-bond donors (Lipinski definition) is 2. The minimum Gasteiger partial charge on any atom is -0.481 e. The first-order valence-corrected chi connectivity index (χ1v) is 9.87. The number of hydrogen-bond acceptors (Lipinski definition) is 3. The molecule has 0 aliphatic rings. The van der Waals surface area contributed by atoms with E-state index in [0.29, 0.717) is 6.42 Å². The summed E-state index contributed by atoms with van der Waals surface area (Å²) in [6, 6.07) is 0. The number of aliphatic hydroxyl groups excluding tert-OH is 1. The molecule has 0 heterocycles. The van der Waals surface area contributed by atoms with Crippen LogP contribution in [0.1, 0.15) is 90.9 Å². The summed E-state index contributed by atoms with van der Waals surface area (Å²) in [5.74, 6) is -1.23. The quantitative estimate of drug-likeness (QED) is 0.400. The molecule has 1 atom stereocenters. The molecule has 0 fully saturated rings. The molecule has 0 spiro atoms. The first kappa shape index (κ1) is 23.6. The molecule has 146 valence electrons. The number of nitrogens with zero attached hydrogens (tertiary/aromatic N) is 1. The second-order valence-electron chi connectivity index (χ2n) is 6.65. The van der Waals surface area contributed by atoms with Crippen LogP contribution in [-0.2, 0) is 9.59 Å². The number of carboxylic acid groups (broad SMARTS) is 1. The van der Waals surface area contributed by atoms with Gasteiger partial charge in [-0.1, -0.05) is 64.9 Å². The molecular weight excluding hydrogens is 318 g/mol. The molecule has 1 unspecified atom stereocenters. The summed E-state index contributed by atoms with van der Waals surface area (Å²) in [6.45, 7) is 4.30. The van der Waals surface area contributed by atoms with E-state index in [1.54, 1.807) is 6.20 Å². The zero-order valence-corrected chi connectivity index (χ0v) is 16.1. The normalized spacial score (nSPS) is 12.4. The summed E-state index contributed by atoms with van der Waals surface area (Å²) in [7, 11) is 0. The molecule has 0 aromatic rings. The summed E-state index contributed by atoms with van der Waals surface area (Å²) < 4.78 is 0. The zero-order chi connectivity index (χ0) is 18.9. The Balaban J connectivity index is 4.07. The van der Waals surface area contributed by atoms with Gasteiger partial charge < -0.3 is 15.1 Å². The van der Waals surface area contributed by atoms with E-state index in [2.05, 4.69) is 6.92 Å². The van der Waals surface area contributed by atoms with Gasteiger partial charge in [0.05, 0.1) is 19.1 Å². The molecule has 0 aromatic carbocycles. The minimum absolute atomic E-state index is 0.0339. The van der Waals surface area contributed by atoms with Crippen LogP contribution in [0, 0.1) is 0 Å². The van der Waals surface area contributed by atoms with Crippen LogP contribution >= 0.6 is 0 Å². The number of carbonyl (C=O) groups is 2. The molecule has 0 radical (unpaired) electrons. The van der Waals surface area contributed by atoms with Crippen LogP contribution in [-0.4, -0.2) is 39.6 Å². The van der Waals surface area contributed by atoms with E-state index in [9.17, 15) is 14.7 Å². The average Bonchev–Trinajstić information content (AvgIpc) is 2.59. The standard InChI is InChI=1S/C20H37NO4/c1-3-5-6-7-8-9-10-11-12-13-16-21(17-18(22)4-2)19(23)14-15-20(24)25/h13,16,18,22H,3-12,14-15,17H2,1-2H3,(H,24,25). The predicted molar refractivity (Wildman–Crippen MR) is 101 cm³/mol. The highest BCUT2D eigenvalue weighted by atomic mass is 16.4. The topological polar surface area (TPSA) is 77.8 Å². The van der Waals surface area contributed by atoms with Gasteiger partial charge in [-0.3, -0.25) is 9.59 Å². The molecule has 0 aliphatic heterocycles. The zero-order valence-electron chi connectivity index (χ0n) is 16.1. The lowest BCUT2D eigenvalue weighted by Gasteiger charge is -2.21. The SMILES string of the molecule is CCCCCCCCCCC=CN(CC(O)CC)C(=O)CCC(=O)O. The highest BCUT2D eigenvalue weighted by Gasteiger charge is 2.15. The van der Waals surface area contributed by atoms with E-state index in [1.165, 1.54) is 49.8 Å². The van der Waals surface area contributed by atoms with Gasteiger partial charge in [0.25, 0.3) is 0 Å². The van der Waals surface area contributed by atoms with Crippen molar-refractivity contribution in [3.8, 4) is 0 Å². The lowest BCUT2D eigenvalue weighted by molar-refractivity contribution is -0.140. The molecule has 2 N–H and O–H groups in total. The fourth-order valence-corrected chi connectivity index (χ4v) is 2.56. The Labute approximate surface area is 153 Å². The number of rotatable bonds is 16. The van der Waals surface area contributed by atoms with Crippen LogP contribution in [0.5, 0.6) is 0 Å². The van der Waals surface area contributed by atoms with Crippen LogP contribution < -0.4 is 0 Å². The predicted octanol–water partition coefficient (Wildman–Crippen LogP) is 4.50. The molecule has 5 heteroatoms. The van der Waals surface area contributed by atoms with Crippen molar-refractivity contribution in [1.29, 1.82) is 0 Å². The largest absolute Gasteiger partial charge is 0.481 e. The van der Waals surface area contributed by atoms with Crippen molar-refractivity contribution in [3.63, 3.8) is 0 Å². The van der Waals surface area contributed by atoms with Gasteiger partial charge in [0, 0.05) is 12.6 Å². The van der Waals surface area contributed by atoms with Gasteiger partial charge in [-0.2, -0.15) is 0 Å². The molecular formula is C20H37NO4. The van der Waals surface area contributed by atoms with E-state index in [4.69, 9.17) is 5.11 Å². The van der Waals surface area contributed by atoms with Gasteiger partial charge in [0.2, 0.25) is 5.91 Å². The van der Waals surface area contributed by atoms with Crippen LogP contribution in [0.25, 0.3) is 0 Å². The number of carbonyl (C=O) groups excluding carboxylic acids is 1. The number of aliphatic hydroxyl groups is 1. The van der Waals surface area contributed by atoms with E-state index in [0.717, 1.165) is 12.8 Å². The lowest BCUT2D eigenvalue weighted by atomic mass is 10.1. The Bertz CT molecular complexity index is 382. The molecule has 1 amide bonds. The smallest absolute Gasteiger partial charge is 0.303 e. The van der Waals surface area contributed by atoms with Gasteiger partial charge in [0.15, 0.2) is 0 Å². The van der Waals surface area contributed by atoms with E-state index in [-0.39, 0.29) is 25.3 Å². The van der Waals surface area contributed by atoms with Gasteiger partial charge in [-0.25, -0.2) is 0 Å². The highest BCUT2D eigenvalue weighted by molar-refractivity contribution is 5.81. The van der Waals surface area contributed by atoms with Crippen LogP contribution in [0.3, 0.4) is 0 Å². The summed E-state index contributed by atoms with van der Waals surface area (Å²) in [5, 5.41) is 18.5. The average molecular weight is 356 g/mol. The van der Waals surface area contributed by atoms with Crippen molar-refractivity contribution >= 4 is 11.9 Å². The molecule has 25 heavy (non-hydrogen) atoms. The molecule has 0 rings (SSSR count). The second-order valence-corrected chi connectivity index (χ2v) is 6.65. The summed E-state index contributed by atoms with van der Waals surface area (Å²) in [6.07, 6.45) is 14.5. The van der Waals surface area contributed by atoms with E-state index in [1.807, 2.05) is 13.0 Å². The Morgan fingerprint density at radius 2 is 1.56 bits per heavy atom. The number of carboxylic acids is 1. The Hall–Kier alpha value is -1.36. The van der Waals surface area contributed by atoms with Crippen molar-refractivity contribution in [2.24, 2.45) is 0 Å². The number of amides is 1. The molecule has 0 bridgehead atoms. The first-order chi connectivity index (χ1) is 12.0. The monoisotopic (exact) mass is 355 g/mol. The molecule has 0 aromatic heterocycles. The van der Waals surface area contributed by atoms with Crippen molar-refractivity contribution in [3.05, 3.63) is 12.3 Å². The van der Waals surface area contributed by atoms with Crippen molar-refractivity contribution in [2.45, 2.75) is 97.0 Å². The maximum Gasteiger partial charge on any atom is 0.303 e. The first-order valence-electron chi connectivity index (χ1n) is 9.87. The van der Waals surface area contributed by atoms with Gasteiger partial charge in [0.1, 0.15) is 0 Å². The van der Waals surface area contributed by atoms with Crippen LogP contribution in [0.15, 0.2) is 12.3 Å². The fourth-order valence-electron chi connectivity index (χ4n) is 2.56. The molecule has 0 aliphatic carbocycles. The number of aliphatic carboxylic acids is 1. The van der Waals surface area contributed by atoms with Crippen LogP contribution in [0.4, 0.5) is 0 Å². The Morgan fingerprint density at radius 3 is 2.12 bits per heavy atom. The second kappa shape index (κ2) is 16.1. The minimum atomic E-state index is -0.979. The third-order valence-corrected chi connectivity index (χ3v) is 4.26. The fraction of sp³-hybridized carbons (Fsp3) is 0.800. The van der Waals surface area contributed by atoms with Crippen molar-refractivity contribution in [1.82, 2.24) is 4.90 Å². The summed E-state index contributed by atoms with van der Waals surface area (Å²) >= 11 is 0. The molecule has 0 saturated carbocycles. The van der Waals surface area contributed by atoms with Gasteiger partial charge >= 0.3 is 5.97 Å². The van der Waals surface area contributed by atoms with E-state index < -0.39 is 12.1 Å². The van der Waals surface area contributed by atoms with Crippen LogP contribution in [0.2, 0.25) is 0 Å². The summed E-state index contributed by atoms with van der Waals surface area (Å²) in [5.41, 5.74) is 0. The third-order valence-electron chi connectivity index (χ3n) is 4.26. The van der Waals surface area contributed by atoms with Gasteiger partial charge in [-0.05, 0) is 19.3 Å². The van der Waals surface area contributed by atoms with Crippen molar-refractivity contribution in [2.75, 3.05) is 6.54 Å². The number of unbranched alkanes of at least 4 members (excludes halogenated alkanes) is 8. The maximum atomic E-state index is 12.1. The Morgan fingerprint density at radius 1 is 0.960 bits per heavy atom. The molecule has 0 saturated heterocycles. The van der Waals surface area contributed by atoms with E-state index >= 15 is 0 Å². The Kier molecular flexibility index (Phi) is 15.2.